The minimum Gasteiger partial charge on any atom is -0.451 e. The Labute approximate surface area is 59.2 Å². The van der Waals surface area contributed by atoms with Crippen LogP contribution in [0, 0.1) is 0 Å². The molecule has 2 rings (SSSR count). The molecule has 0 aromatic rings. The highest BCUT2D eigenvalue weighted by atomic mass is 16.6. The first-order chi connectivity index (χ1) is 4.81. The summed E-state index contributed by atoms with van der Waals surface area (Å²) in [6.45, 7) is 0. The first-order valence-electron chi connectivity index (χ1n) is 3.38. The quantitative estimate of drug-likeness (QED) is 0.369. The molecule has 1 spiro atoms. The SMILES string of the molecule is O=C1C=CC2(CC=CC2)O1. The third-order valence-electron chi connectivity index (χ3n) is 1.92. The van der Waals surface area contributed by atoms with Gasteiger partial charge in [0.2, 0.25) is 0 Å². The highest BCUT2D eigenvalue weighted by Crippen LogP contribution is 2.32. The summed E-state index contributed by atoms with van der Waals surface area (Å²) in [5, 5.41) is 0. The molecule has 10 heavy (non-hydrogen) atoms. The van der Waals surface area contributed by atoms with Gasteiger partial charge in [-0.2, -0.15) is 0 Å². The molecule has 0 saturated heterocycles. The summed E-state index contributed by atoms with van der Waals surface area (Å²) in [7, 11) is 0. The third kappa shape index (κ3) is 0.685. The molecule has 0 aromatic carbocycles. The molecule has 0 radical (unpaired) electrons. The molecule has 2 aliphatic rings. The topological polar surface area (TPSA) is 26.3 Å². The van der Waals surface area contributed by atoms with Crippen LogP contribution in [-0.4, -0.2) is 11.6 Å². The van der Waals surface area contributed by atoms with E-state index in [4.69, 9.17) is 4.74 Å². The second-order valence-electron chi connectivity index (χ2n) is 2.70. The molecule has 2 nitrogen and oxygen atoms in total. The van der Waals surface area contributed by atoms with Crippen molar-refractivity contribution in [2.45, 2.75) is 18.4 Å². The zero-order valence-electron chi connectivity index (χ0n) is 5.54. The highest BCUT2D eigenvalue weighted by Gasteiger charge is 2.35. The van der Waals surface area contributed by atoms with E-state index in [-0.39, 0.29) is 11.6 Å². The Bertz CT molecular complexity index is 217. The smallest absolute Gasteiger partial charge is 0.331 e. The van der Waals surface area contributed by atoms with Gasteiger partial charge < -0.3 is 4.74 Å². The maximum atomic E-state index is 10.7. The van der Waals surface area contributed by atoms with Gasteiger partial charge in [0.15, 0.2) is 0 Å². The lowest BCUT2D eigenvalue weighted by molar-refractivity contribution is -0.144. The average Bonchev–Trinajstić information content (AvgIpc) is 2.46. The van der Waals surface area contributed by atoms with Crippen molar-refractivity contribution in [2.24, 2.45) is 0 Å². The molecule has 0 atom stereocenters. The summed E-state index contributed by atoms with van der Waals surface area (Å²) in [5.41, 5.74) is -0.281. The van der Waals surface area contributed by atoms with Gasteiger partial charge in [0.05, 0.1) is 0 Å². The second-order valence-corrected chi connectivity index (χ2v) is 2.70. The van der Waals surface area contributed by atoms with Gasteiger partial charge in [-0.25, -0.2) is 4.79 Å². The summed E-state index contributed by atoms with van der Waals surface area (Å²) in [6, 6.07) is 0. The number of hydrogen-bond acceptors (Lipinski definition) is 2. The van der Waals surface area contributed by atoms with Crippen molar-refractivity contribution >= 4 is 5.97 Å². The Hall–Kier alpha value is -1.05. The van der Waals surface area contributed by atoms with Gasteiger partial charge in [-0.05, 0) is 6.08 Å². The molecular weight excluding hydrogens is 128 g/mol. The van der Waals surface area contributed by atoms with Crippen molar-refractivity contribution in [3.63, 3.8) is 0 Å². The van der Waals surface area contributed by atoms with Gasteiger partial charge in [0, 0.05) is 18.9 Å². The first kappa shape index (κ1) is 5.71. The van der Waals surface area contributed by atoms with E-state index in [1.165, 1.54) is 6.08 Å². The molecule has 1 aliphatic carbocycles. The lowest BCUT2D eigenvalue weighted by Gasteiger charge is -2.19. The van der Waals surface area contributed by atoms with Crippen LogP contribution in [0.3, 0.4) is 0 Å². The third-order valence-corrected chi connectivity index (χ3v) is 1.92. The molecular formula is C8H8O2. The van der Waals surface area contributed by atoms with E-state index in [0.717, 1.165) is 12.8 Å². The Morgan fingerprint density at radius 2 is 2.10 bits per heavy atom. The Kier molecular flexibility index (Phi) is 0.982. The zero-order valence-corrected chi connectivity index (χ0v) is 5.54. The van der Waals surface area contributed by atoms with Gasteiger partial charge in [-0.3, -0.25) is 0 Å². The standard InChI is InChI=1S/C8H8O2/c9-7-3-6-8(10-7)4-1-2-5-8/h1-3,6H,4-5H2. The maximum absolute atomic E-state index is 10.7. The summed E-state index contributed by atoms with van der Waals surface area (Å²) < 4.78 is 5.10. The number of rotatable bonds is 0. The van der Waals surface area contributed by atoms with Gasteiger partial charge in [-0.1, -0.05) is 12.2 Å². The molecule has 0 bridgehead atoms. The van der Waals surface area contributed by atoms with E-state index < -0.39 is 0 Å². The minimum absolute atomic E-state index is 0.205. The number of carbonyl (C=O) groups is 1. The van der Waals surface area contributed by atoms with Crippen molar-refractivity contribution < 1.29 is 9.53 Å². The minimum atomic E-state index is -0.281. The second kappa shape index (κ2) is 1.72. The van der Waals surface area contributed by atoms with Gasteiger partial charge in [-0.15, -0.1) is 0 Å². The monoisotopic (exact) mass is 136 g/mol. The fourth-order valence-corrected chi connectivity index (χ4v) is 1.36. The van der Waals surface area contributed by atoms with E-state index in [1.807, 2.05) is 18.2 Å². The molecule has 0 unspecified atom stereocenters. The van der Waals surface area contributed by atoms with E-state index in [9.17, 15) is 4.79 Å². The van der Waals surface area contributed by atoms with E-state index in [0.29, 0.717) is 0 Å². The number of ether oxygens (including phenoxy) is 1. The highest BCUT2D eigenvalue weighted by molar-refractivity contribution is 5.85. The van der Waals surface area contributed by atoms with Crippen molar-refractivity contribution in [3.8, 4) is 0 Å². The first-order valence-corrected chi connectivity index (χ1v) is 3.38. The van der Waals surface area contributed by atoms with Crippen LogP contribution in [0.1, 0.15) is 12.8 Å². The van der Waals surface area contributed by atoms with E-state index >= 15 is 0 Å². The number of esters is 1. The molecule has 1 aliphatic heterocycles. The van der Waals surface area contributed by atoms with E-state index in [1.54, 1.807) is 0 Å². The molecule has 52 valence electrons. The summed E-state index contributed by atoms with van der Waals surface area (Å²) in [5.74, 6) is -0.205. The molecule has 0 aromatic heterocycles. The van der Waals surface area contributed by atoms with Crippen LogP contribution in [0.15, 0.2) is 24.3 Å². The van der Waals surface area contributed by atoms with Gasteiger partial charge in [0.1, 0.15) is 5.60 Å². The predicted octanol–water partition coefficient (Wildman–Crippen LogP) is 1.19. The zero-order chi connectivity index (χ0) is 7.03. The average molecular weight is 136 g/mol. The van der Waals surface area contributed by atoms with Crippen LogP contribution in [0.2, 0.25) is 0 Å². The Balaban J connectivity index is 2.20. The molecule has 1 heterocycles. The lowest BCUT2D eigenvalue weighted by Crippen LogP contribution is -2.23. The molecule has 0 fully saturated rings. The lowest BCUT2D eigenvalue weighted by atomic mass is 10.0. The van der Waals surface area contributed by atoms with Gasteiger partial charge >= 0.3 is 5.97 Å². The van der Waals surface area contributed by atoms with Gasteiger partial charge in [0.25, 0.3) is 0 Å². The molecule has 0 saturated carbocycles. The number of hydrogen-bond donors (Lipinski definition) is 0. The summed E-state index contributed by atoms with van der Waals surface area (Å²) in [6.07, 6.45) is 9.14. The summed E-state index contributed by atoms with van der Waals surface area (Å²) >= 11 is 0. The largest absolute Gasteiger partial charge is 0.451 e. The van der Waals surface area contributed by atoms with E-state index in [2.05, 4.69) is 0 Å². The van der Waals surface area contributed by atoms with Crippen LogP contribution in [-0.2, 0) is 9.53 Å². The van der Waals surface area contributed by atoms with Crippen molar-refractivity contribution in [1.29, 1.82) is 0 Å². The maximum Gasteiger partial charge on any atom is 0.331 e. The van der Waals surface area contributed by atoms with Crippen LogP contribution in [0.25, 0.3) is 0 Å². The van der Waals surface area contributed by atoms with Crippen molar-refractivity contribution in [2.75, 3.05) is 0 Å². The number of carbonyl (C=O) groups excluding carboxylic acids is 1. The molecule has 2 heteroatoms. The summed E-state index contributed by atoms with van der Waals surface area (Å²) in [4.78, 5) is 10.7. The normalized spacial score (nSPS) is 26.2. The van der Waals surface area contributed by atoms with Crippen LogP contribution >= 0.6 is 0 Å². The van der Waals surface area contributed by atoms with Crippen molar-refractivity contribution in [1.82, 2.24) is 0 Å². The van der Waals surface area contributed by atoms with Crippen LogP contribution < -0.4 is 0 Å². The van der Waals surface area contributed by atoms with Crippen LogP contribution in [0.5, 0.6) is 0 Å². The molecule has 0 N–H and O–H groups in total. The van der Waals surface area contributed by atoms with Crippen LogP contribution in [0.4, 0.5) is 0 Å². The Morgan fingerprint density at radius 3 is 2.60 bits per heavy atom. The Morgan fingerprint density at radius 1 is 1.40 bits per heavy atom. The van der Waals surface area contributed by atoms with Crippen molar-refractivity contribution in [3.05, 3.63) is 24.3 Å². The fourth-order valence-electron chi connectivity index (χ4n) is 1.36. The molecule has 0 amide bonds. The fraction of sp³-hybridized carbons (Fsp3) is 0.375. The predicted molar refractivity (Wildman–Crippen MR) is 36.3 cm³/mol.